The van der Waals surface area contributed by atoms with E-state index in [-0.39, 0.29) is 22.9 Å². The summed E-state index contributed by atoms with van der Waals surface area (Å²) in [6, 6.07) is 9.34. The van der Waals surface area contributed by atoms with Crippen molar-refractivity contribution in [3.8, 4) is 0 Å². The average molecular weight is 383 g/mol. The Morgan fingerprint density at radius 2 is 1.69 bits per heavy atom. The molecule has 8 heteroatoms. The highest BCUT2D eigenvalue weighted by molar-refractivity contribution is 7.90. The molecule has 1 amide bonds. The second-order valence-corrected chi connectivity index (χ2v) is 8.65. The van der Waals surface area contributed by atoms with Crippen LogP contribution in [0.4, 0.5) is 18.9 Å². The van der Waals surface area contributed by atoms with Crippen LogP contribution < -0.4 is 5.32 Å². The SMILES string of the molecule is CC1(Cc2ccc(S(C)(=O)=O)cc2)C(=O)Nc2cc(C(F)(F)F)ccc21. The first-order valence-electron chi connectivity index (χ1n) is 7.73. The number of sulfone groups is 1. The Kier molecular flexibility index (Phi) is 4.14. The number of fused-ring (bicyclic) bond motifs is 1. The minimum atomic E-state index is -4.49. The van der Waals surface area contributed by atoms with Crippen molar-refractivity contribution in [3.63, 3.8) is 0 Å². The number of amides is 1. The van der Waals surface area contributed by atoms with Gasteiger partial charge in [-0.05, 0) is 48.7 Å². The van der Waals surface area contributed by atoms with E-state index in [0.717, 1.165) is 18.4 Å². The summed E-state index contributed by atoms with van der Waals surface area (Å²) in [5, 5.41) is 2.52. The van der Waals surface area contributed by atoms with E-state index >= 15 is 0 Å². The van der Waals surface area contributed by atoms with Crippen molar-refractivity contribution in [3.05, 3.63) is 59.2 Å². The van der Waals surface area contributed by atoms with Gasteiger partial charge in [0.25, 0.3) is 0 Å². The molecular formula is C18H16F3NO3S. The van der Waals surface area contributed by atoms with E-state index in [9.17, 15) is 26.4 Å². The number of nitrogens with one attached hydrogen (secondary N) is 1. The molecule has 2 aromatic rings. The molecule has 0 saturated carbocycles. The second kappa shape index (κ2) is 5.84. The molecule has 3 rings (SSSR count). The van der Waals surface area contributed by atoms with Gasteiger partial charge in [-0.1, -0.05) is 18.2 Å². The third-order valence-electron chi connectivity index (χ3n) is 4.60. The first-order valence-corrected chi connectivity index (χ1v) is 9.62. The molecule has 0 spiro atoms. The maximum Gasteiger partial charge on any atom is 0.416 e. The molecular weight excluding hydrogens is 367 g/mol. The lowest BCUT2D eigenvalue weighted by atomic mass is 9.78. The molecule has 0 saturated heterocycles. The zero-order chi connectivity index (χ0) is 19.3. The van der Waals surface area contributed by atoms with E-state index in [4.69, 9.17) is 0 Å². The Hall–Kier alpha value is -2.35. The lowest BCUT2D eigenvalue weighted by Crippen LogP contribution is -2.33. The summed E-state index contributed by atoms with van der Waals surface area (Å²) < 4.78 is 61.6. The third kappa shape index (κ3) is 3.21. The predicted molar refractivity (Wildman–Crippen MR) is 90.7 cm³/mol. The molecule has 138 valence electrons. The molecule has 26 heavy (non-hydrogen) atoms. The van der Waals surface area contributed by atoms with Gasteiger partial charge in [0.15, 0.2) is 9.84 Å². The summed E-state index contributed by atoms with van der Waals surface area (Å²) in [6.45, 7) is 1.66. The number of hydrogen-bond acceptors (Lipinski definition) is 3. The highest BCUT2D eigenvalue weighted by Gasteiger charge is 2.44. The van der Waals surface area contributed by atoms with Gasteiger partial charge in [-0.2, -0.15) is 13.2 Å². The standard InChI is InChI=1S/C18H16F3NO3S/c1-17(10-11-3-6-13(7-4-11)26(2,24)25)14-8-5-12(18(19,20)21)9-15(14)22-16(17)23/h3-9H,10H2,1-2H3,(H,22,23). The first-order chi connectivity index (χ1) is 11.9. The number of benzene rings is 2. The molecule has 1 heterocycles. The van der Waals surface area contributed by atoms with Crippen LogP contribution in [0.3, 0.4) is 0 Å². The first kappa shape index (κ1) is 18.4. The summed E-state index contributed by atoms with van der Waals surface area (Å²) in [5.41, 5.74) is -0.504. The van der Waals surface area contributed by atoms with E-state index in [2.05, 4.69) is 5.32 Å². The van der Waals surface area contributed by atoms with Crippen LogP contribution in [-0.2, 0) is 32.6 Å². The monoisotopic (exact) mass is 383 g/mol. The van der Waals surface area contributed by atoms with Crippen LogP contribution >= 0.6 is 0 Å². The van der Waals surface area contributed by atoms with Gasteiger partial charge in [0.05, 0.1) is 15.9 Å². The Labute approximate surface area is 149 Å². The lowest BCUT2D eigenvalue weighted by molar-refractivity contribution is -0.137. The van der Waals surface area contributed by atoms with Crippen LogP contribution in [0.1, 0.15) is 23.6 Å². The maximum absolute atomic E-state index is 12.9. The van der Waals surface area contributed by atoms with Gasteiger partial charge < -0.3 is 5.32 Å². The van der Waals surface area contributed by atoms with Gasteiger partial charge in [0, 0.05) is 11.9 Å². The van der Waals surface area contributed by atoms with Crippen LogP contribution in [0.5, 0.6) is 0 Å². The Morgan fingerprint density at radius 1 is 1.08 bits per heavy atom. The quantitative estimate of drug-likeness (QED) is 0.882. The average Bonchev–Trinajstić information content (AvgIpc) is 2.77. The second-order valence-electron chi connectivity index (χ2n) is 6.64. The normalized spacial score (nSPS) is 20.0. The summed E-state index contributed by atoms with van der Waals surface area (Å²) >= 11 is 0. The molecule has 0 aliphatic carbocycles. The lowest BCUT2D eigenvalue weighted by Gasteiger charge is -2.22. The molecule has 4 nitrogen and oxygen atoms in total. The number of rotatable bonds is 3. The minimum Gasteiger partial charge on any atom is -0.325 e. The number of halogens is 3. The van der Waals surface area contributed by atoms with Crippen molar-refractivity contribution in [1.29, 1.82) is 0 Å². The van der Waals surface area contributed by atoms with Crippen LogP contribution in [0.25, 0.3) is 0 Å². The number of carbonyl (C=O) groups excluding carboxylic acids is 1. The zero-order valence-corrected chi connectivity index (χ0v) is 14.8. The topological polar surface area (TPSA) is 63.2 Å². The van der Waals surface area contributed by atoms with Crippen molar-refractivity contribution >= 4 is 21.4 Å². The highest BCUT2D eigenvalue weighted by Crippen LogP contribution is 2.42. The van der Waals surface area contributed by atoms with E-state index < -0.39 is 27.0 Å². The minimum absolute atomic E-state index is 0.153. The van der Waals surface area contributed by atoms with Gasteiger partial charge in [-0.3, -0.25) is 4.79 Å². The van der Waals surface area contributed by atoms with Gasteiger partial charge in [-0.15, -0.1) is 0 Å². The number of carbonyl (C=O) groups is 1. The molecule has 1 N–H and O–H groups in total. The molecule has 1 aliphatic rings. The Balaban J connectivity index is 1.95. The molecule has 1 unspecified atom stereocenters. The molecule has 0 fully saturated rings. The van der Waals surface area contributed by atoms with Gasteiger partial charge in [0.1, 0.15) is 0 Å². The summed E-state index contributed by atoms with van der Waals surface area (Å²) in [5.74, 6) is -0.390. The van der Waals surface area contributed by atoms with Crippen molar-refractivity contribution in [2.45, 2.75) is 29.8 Å². The Bertz CT molecular complexity index is 982. The number of hydrogen-bond donors (Lipinski definition) is 1. The van der Waals surface area contributed by atoms with Crippen molar-refractivity contribution in [2.24, 2.45) is 0 Å². The van der Waals surface area contributed by atoms with Crippen molar-refractivity contribution in [1.82, 2.24) is 0 Å². The molecule has 0 bridgehead atoms. The molecule has 0 radical (unpaired) electrons. The van der Waals surface area contributed by atoms with Crippen molar-refractivity contribution in [2.75, 3.05) is 11.6 Å². The van der Waals surface area contributed by atoms with Crippen LogP contribution in [0.15, 0.2) is 47.4 Å². The fourth-order valence-corrected chi connectivity index (χ4v) is 3.76. The maximum atomic E-state index is 12.9. The third-order valence-corrected chi connectivity index (χ3v) is 5.73. The van der Waals surface area contributed by atoms with Gasteiger partial charge in [0.2, 0.25) is 5.91 Å². The fourth-order valence-electron chi connectivity index (χ4n) is 3.13. The summed E-state index contributed by atoms with van der Waals surface area (Å²) in [4.78, 5) is 12.6. The van der Waals surface area contributed by atoms with E-state index in [1.54, 1.807) is 19.1 Å². The van der Waals surface area contributed by atoms with E-state index in [0.29, 0.717) is 11.1 Å². The van der Waals surface area contributed by atoms with Gasteiger partial charge in [-0.25, -0.2) is 8.42 Å². The number of alkyl halides is 3. The summed E-state index contributed by atoms with van der Waals surface area (Å²) in [7, 11) is -3.33. The van der Waals surface area contributed by atoms with Crippen LogP contribution in [0, 0.1) is 0 Å². The predicted octanol–water partition coefficient (Wildman–Crippen LogP) is 3.56. The summed E-state index contributed by atoms with van der Waals surface area (Å²) in [6.07, 6.45) is -3.15. The largest absolute Gasteiger partial charge is 0.416 e. The van der Waals surface area contributed by atoms with Crippen LogP contribution in [0.2, 0.25) is 0 Å². The van der Waals surface area contributed by atoms with Gasteiger partial charge >= 0.3 is 6.18 Å². The molecule has 2 aromatic carbocycles. The molecule has 1 atom stereocenters. The zero-order valence-electron chi connectivity index (χ0n) is 14.0. The van der Waals surface area contributed by atoms with Crippen LogP contribution in [-0.4, -0.2) is 20.6 Å². The highest BCUT2D eigenvalue weighted by atomic mass is 32.2. The Morgan fingerprint density at radius 3 is 2.23 bits per heavy atom. The number of anilines is 1. The molecule has 0 aromatic heterocycles. The molecule has 1 aliphatic heterocycles. The van der Waals surface area contributed by atoms with E-state index in [1.165, 1.54) is 18.2 Å². The van der Waals surface area contributed by atoms with E-state index in [1.807, 2.05) is 0 Å². The van der Waals surface area contributed by atoms with Crippen molar-refractivity contribution < 1.29 is 26.4 Å². The fraction of sp³-hybridized carbons (Fsp3) is 0.278. The smallest absolute Gasteiger partial charge is 0.325 e.